The number of likely N-dealkylation sites (tertiary alicyclic amines) is 1. The maximum atomic E-state index is 10.7. The number of hydrogen-bond donors (Lipinski definition) is 2. The van der Waals surface area contributed by atoms with Crippen LogP contribution in [0.5, 0.6) is 5.75 Å². The number of piperidine rings is 1. The predicted octanol–water partition coefficient (Wildman–Crippen LogP) is 6.75. The second kappa shape index (κ2) is 12.4. The molecule has 0 aromatic heterocycles. The van der Waals surface area contributed by atoms with E-state index >= 15 is 0 Å². The second-order valence-electron chi connectivity index (χ2n) is 11.6. The van der Waals surface area contributed by atoms with Crippen molar-refractivity contribution in [2.75, 3.05) is 26.2 Å². The molecular weight excluding hydrogens is 492 g/mol. The summed E-state index contributed by atoms with van der Waals surface area (Å²) in [6.45, 7) is 13.5. The van der Waals surface area contributed by atoms with Gasteiger partial charge in [0, 0.05) is 24.1 Å². The van der Waals surface area contributed by atoms with E-state index in [1.807, 2.05) is 32.1 Å². The van der Waals surface area contributed by atoms with Gasteiger partial charge in [-0.05, 0) is 93.3 Å². The molecular formula is C33H45ClN2O2. The van der Waals surface area contributed by atoms with E-state index in [0.29, 0.717) is 6.61 Å². The summed E-state index contributed by atoms with van der Waals surface area (Å²) in [7, 11) is 0. The van der Waals surface area contributed by atoms with Gasteiger partial charge in [-0.15, -0.1) is 11.6 Å². The SMILES string of the molecule is C=C/C=C\C1/C(=C\CCN2CCC(CC)(C3=CCC(Cl)C=C3)CC2)c2cc(C(C)(C)O)ccc2OCC1N. The van der Waals surface area contributed by atoms with Crippen LogP contribution in [0.25, 0.3) is 5.57 Å². The Morgan fingerprint density at radius 1 is 1.29 bits per heavy atom. The summed E-state index contributed by atoms with van der Waals surface area (Å²) in [5, 5.41) is 10.8. The van der Waals surface area contributed by atoms with Crippen LogP contribution < -0.4 is 10.5 Å². The van der Waals surface area contributed by atoms with Crippen molar-refractivity contribution in [2.24, 2.45) is 17.1 Å². The van der Waals surface area contributed by atoms with Crippen molar-refractivity contribution in [3.63, 3.8) is 0 Å². The third-order valence-electron chi connectivity index (χ3n) is 8.66. The van der Waals surface area contributed by atoms with Gasteiger partial charge >= 0.3 is 0 Å². The first-order valence-corrected chi connectivity index (χ1v) is 14.6. The molecule has 206 valence electrons. The van der Waals surface area contributed by atoms with Crippen molar-refractivity contribution in [3.05, 3.63) is 84.0 Å². The van der Waals surface area contributed by atoms with Gasteiger partial charge < -0.3 is 20.5 Å². The standard InChI is InChI=1S/C33H45ClN2O2/c1-5-7-9-28-27(29-22-25(32(3,4)37)13-16-31(29)38-23-30(28)35)10-8-19-36-20-17-33(6-2,18-21-36)24-11-14-26(34)15-12-24/h5,7,9-14,16,22,26,28,30,37H,1,6,8,15,17-21,23,35H2,2-4H3/b9-7-,27-10+. The van der Waals surface area contributed by atoms with Crippen LogP contribution in [0.1, 0.15) is 64.0 Å². The summed E-state index contributed by atoms with van der Waals surface area (Å²) in [6.07, 6.45) is 20.5. The fourth-order valence-corrected chi connectivity index (χ4v) is 6.26. The molecule has 3 unspecified atom stereocenters. The number of benzene rings is 1. The molecule has 1 aliphatic carbocycles. The first-order chi connectivity index (χ1) is 18.2. The highest BCUT2D eigenvalue weighted by molar-refractivity contribution is 6.22. The van der Waals surface area contributed by atoms with Gasteiger partial charge in [-0.3, -0.25) is 0 Å². The van der Waals surface area contributed by atoms with Gasteiger partial charge in [0.05, 0.1) is 11.0 Å². The molecule has 38 heavy (non-hydrogen) atoms. The summed E-state index contributed by atoms with van der Waals surface area (Å²) < 4.78 is 6.13. The lowest BCUT2D eigenvalue weighted by molar-refractivity contribution is 0.0785. The number of alkyl halides is 1. The molecule has 1 saturated heterocycles. The Labute approximate surface area is 234 Å². The predicted molar refractivity (Wildman–Crippen MR) is 160 cm³/mol. The van der Waals surface area contributed by atoms with Crippen LogP contribution in [0.3, 0.4) is 0 Å². The minimum absolute atomic E-state index is 0.0104. The highest BCUT2D eigenvalue weighted by atomic mass is 35.5. The van der Waals surface area contributed by atoms with Crippen molar-refractivity contribution in [1.82, 2.24) is 4.90 Å². The van der Waals surface area contributed by atoms with E-state index in [2.05, 4.69) is 54.8 Å². The molecule has 0 spiro atoms. The minimum atomic E-state index is -0.936. The number of allylic oxidation sites excluding steroid dienone is 6. The topological polar surface area (TPSA) is 58.7 Å². The minimum Gasteiger partial charge on any atom is -0.491 e. The van der Waals surface area contributed by atoms with Crippen LogP contribution in [-0.4, -0.2) is 47.7 Å². The number of ether oxygens (including phenoxy) is 1. The molecule has 0 saturated carbocycles. The first-order valence-electron chi connectivity index (χ1n) is 14.2. The molecule has 5 heteroatoms. The van der Waals surface area contributed by atoms with E-state index < -0.39 is 5.60 Å². The lowest BCUT2D eigenvalue weighted by atomic mass is 9.69. The lowest BCUT2D eigenvalue weighted by Crippen LogP contribution is -2.41. The number of fused-ring (bicyclic) bond motifs is 1. The average molecular weight is 537 g/mol. The molecule has 3 aliphatic rings. The first kappa shape index (κ1) is 28.9. The van der Waals surface area contributed by atoms with Crippen molar-refractivity contribution in [2.45, 2.75) is 69.9 Å². The van der Waals surface area contributed by atoms with Crippen LogP contribution in [0.2, 0.25) is 0 Å². The molecule has 1 fully saturated rings. The van der Waals surface area contributed by atoms with Crippen LogP contribution in [0.15, 0.2) is 72.9 Å². The molecule has 2 aliphatic heterocycles. The fraction of sp³-hybridized carbons (Fsp3) is 0.515. The Balaban J connectivity index is 1.52. The van der Waals surface area contributed by atoms with Crippen molar-refractivity contribution in [1.29, 1.82) is 0 Å². The summed E-state index contributed by atoms with van der Waals surface area (Å²) in [6, 6.07) is 5.82. The Morgan fingerprint density at radius 2 is 2.05 bits per heavy atom. The van der Waals surface area contributed by atoms with Gasteiger partial charge in [-0.1, -0.05) is 62.1 Å². The van der Waals surface area contributed by atoms with Crippen LogP contribution >= 0.6 is 11.6 Å². The van der Waals surface area contributed by atoms with Gasteiger partial charge in [-0.2, -0.15) is 0 Å². The van der Waals surface area contributed by atoms with E-state index in [9.17, 15) is 5.11 Å². The van der Waals surface area contributed by atoms with Gasteiger partial charge in [0.2, 0.25) is 0 Å². The molecule has 0 bridgehead atoms. The maximum Gasteiger partial charge on any atom is 0.126 e. The molecule has 2 heterocycles. The third kappa shape index (κ3) is 6.54. The van der Waals surface area contributed by atoms with E-state index in [-0.39, 0.29) is 22.8 Å². The number of halogens is 1. The number of aliphatic hydroxyl groups is 1. The Hall–Kier alpha value is -2.11. The molecule has 4 rings (SSSR count). The Bertz CT molecular complexity index is 1100. The summed E-state index contributed by atoms with van der Waals surface area (Å²) in [4.78, 5) is 2.60. The van der Waals surface area contributed by atoms with Crippen molar-refractivity contribution in [3.8, 4) is 5.75 Å². The van der Waals surface area contributed by atoms with E-state index in [1.165, 1.54) is 30.4 Å². The van der Waals surface area contributed by atoms with Crippen LogP contribution in [-0.2, 0) is 5.60 Å². The monoisotopic (exact) mass is 536 g/mol. The summed E-state index contributed by atoms with van der Waals surface area (Å²) >= 11 is 6.29. The quantitative estimate of drug-likeness (QED) is 0.285. The average Bonchev–Trinajstić information content (AvgIpc) is 3.03. The zero-order valence-electron chi connectivity index (χ0n) is 23.3. The van der Waals surface area contributed by atoms with Gasteiger partial charge in [-0.25, -0.2) is 0 Å². The normalized spacial score (nSPS) is 27.1. The van der Waals surface area contributed by atoms with Crippen LogP contribution in [0.4, 0.5) is 0 Å². The van der Waals surface area contributed by atoms with Gasteiger partial charge in [0.25, 0.3) is 0 Å². The van der Waals surface area contributed by atoms with Gasteiger partial charge in [0.1, 0.15) is 12.4 Å². The van der Waals surface area contributed by atoms with Gasteiger partial charge in [0.15, 0.2) is 0 Å². The largest absolute Gasteiger partial charge is 0.491 e. The highest BCUT2D eigenvalue weighted by Crippen LogP contribution is 2.44. The maximum absolute atomic E-state index is 10.7. The van der Waals surface area contributed by atoms with E-state index in [0.717, 1.165) is 49.4 Å². The highest BCUT2D eigenvalue weighted by Gasteiger charge is 2.36. The number of nitrogens with zero attached hydrogens (tertiary/aromatic N) is 1. The smallest absolute Gasteiger partial charge is 0.126 e. The van der Waals surface area contributed by atoms with E-state index in [4.69, 9.17) is 22.1 Å². The number of nitrogens with two attached hydrogens (primary N) is 1. The molecule has 0 radical (unpaired) electrons. The third-order valence-corrected chi connectivity index (χ3v) is 8.99. The fourth-order valence-electron chi connectivity index (χ4n) is 6.09. The van der Waals surface area contributed by atoms with Crippen molar-refractivity contribution >= 4 is 17.2 Å². The molecule has 4 nitrogen and oxygen atoms in total. The van der Waals surface area contributed by atoms with E-state index in [1.54, 1.807) is 6.08 Å². The zero-order chi connectivity index (χ0) is 27.3. The molecule has 3 atom stereocenters. The Morgan fingerprint density at radius 3 is 2.68 bits per heavy atom. The summed E-state index contributed by atoms with van der Waals surface area (Å²) in [5.74, 6) is 0.837. The Kier molecular flexibility index (Phi) is 9.41. The molecule has 0 amide bonds. The van der Waals surface area contributed by atoms with Crippen LogP contribution in [0, 0.1) is 11.3 Å². The molecule has 3 N–H and O–H groups in total. The lowest BCUT2D eigenvalue weighted by Gasteiger charge is -2.43. The zero-order valence-corrected chi connectivity index (χ0v) is 24.1. The molecule has 1 aromatic rings. The van der Waals surface area contributed by atoms with Crippen molar-refractivity contribution < 1.29 is 9.84 Å². The second-order valence-corrected chi connectivity index (χ2v) is 12.1. The number of rotatable bonds is 8. The number of hydrogen-bond acceptors (Lipinski definition) is 4. The summed E-state index contributed by atoms with van der Waals surface area (Å²) in [5.41, 5.74) is 10.5. The molecule has 1 aromatic carbocycles.